The normalized spacial score (nSPS) is 14.5. The molecule has 1 amide bonds. The fourth-order valence-electron chi connectivity index (χ4n) is 4.62. The number of fused-ring (bicyclic) bond motifs is 2. The van der Waals surface area contributed by atoms with Gasteiger partial charge in [-0.2, -0.15) is 17.7 Å². The van der Waals surface area contributed by atoms with E-state index in [1.807, 2.05) is 11.1 Å². The molecule has 0 aliphatic carbocycles. The van der Waals surface area contributed by atoms with Gasteiger partial charge in [-0.1, -0.05) is 6.07 Å². The van der Waals surface area contributed by atoms with Gasteiger partial charge in [0.2, 0.25) is 5.91 Å². The lowest BCUT2D eigenvalue weighted by atomic mass is 9.92. The smallest absolute Gasteiger partial charge is 0.223 e. The fourth-order valence-corrected chi connectivity index (χ4v) is 4.82. The number of thiol groups is 1. The molecule has 5 rings (SSSR count). The molecular weight excluding hydrogens is 420 g/mol. The van der Waals surface area contributed by atoms with Crippen molar-refractivity contribution < 1.29 is 4.79 Å². The van der Waals surface area contributed by atoms with E-state index in [9.17, 15) is 4.79 Å². The minimum atomic E-state index is 0.177. The van der Waals surface area contributed by atoms with Crippen molar-refractivity contribution in [2.45, 2.75) is 20.3 Å². The van der Waals surface area contributed by atoms with E-state index in [-0.39, 0.29) is 5.91 Å². The number of piperazine rings is 1. The molecule has 0 unspecified atom stereocenters. The lowest BCUT2D eigenvalue weighted by molar-refractivity contribution is -0.131. The first-order valence-electron chi connectivity index (χ1n) is 10.9. The quantitative estimate of drug-likeness (QED) is 0.467. The van der Waals surface area contributed by atoms with E-state index in [2.05, 4.69) is 75.8 Å². The molecule has 0 radical (unpaired) electrons. The maximum absolute atomic E-state index is 12.2. The highest BCUT2D eigenvalue weighted by atomic mass is 32.1. The topological polar surface area (TPSA) is 78.0 Å². The first-order chi connectivity index (χ1) is 15.6. The van der Waals surface area contributed by atoms with Crippen LogP contribution in [0.1, 0.15) is 17.5 Å². The molecule has 1 saturated heterocycles. The number of nitrogens with one attached hydrogen (secondary N) is 1. The molecule has 1 aliphatic heterocycles. The Kier molecular flexibility index (Phi) is 5.46. The van der Waals surface area contributed by atoms with Crippen molar-refractivity contribution in [2.24, 2.45) is 0 Å². The van der Waals surface area contributed by atoms with Crippen LogP contribution in [-0.2, 0) is 4.79 Å². The average Bonchev–Trinajstić information content (AvgIpc) is 3.28. The molecule has 7 nitrogen and oxygen atoms in total. The van der Waals surface area contributed by atoms with Crippen molar-refractivity contribution in [2.75, 3.05) is 36.8 Å². The van der Waals surface area contributed by atoms with Gasteiger partial charge < -0.3 is 9.80 Å². The summed E-state index contributed by atoms with van der Waals surface area (Å²) in [5.41, 5.74) is 6.68. The number of carbonyl (C=O) groups is 1. The summed E-state index contributed by atoms with van der Waals surface area (Å²) in [6.07, 6.45) is 4.02. The molecule has 1 aliphatic rings. The van der Waals surface area contributed by atoms with Crippen molar-refractivity contribution in [1.29, 1.82) is 0 Å². The number of aryl methyl sites for hydroxylation is 2. The van der Waals surface area contributed by atoms with Crippen molar-refractivity contribution in [3.63, 3.8) is 0 Å². The maximum Gasteiger partial charge on any atom is 0.223 e. The predicted molar refractivity (Wildman–Crippen MR) is 131 cm³/mol. The Morgan fingerprint density at radius 2 is 1.88 bits per heavy atom. The van der Waals surface area contributed by atoms with E-state index < -0.39 is 0 Å². The van der Waals surface area contributed by atoms with Crippen molar-refractivity contribution in [3.05, 3.63) is 47.9 Å². The van der Waals surface area contributed by atoms with Crippen LogP contribution in [0.2, 0.25) is 0 Å². The Balaban J connectivity index is 1.52. The summed E-state index contributed by atoms with van der Waals surface area (Å²) in [5.74, 6) is 1.70. The van der Waals surface area contributed by atoms with Crippen LogP contribution in [0.4, 0.5) is 5.82 Å². The molecular formula is C24H26N6OS. The van der Waals surface area contributed by atoms with Gasteiger partial charge in [-0.15, -0.1) is 0 Å². The van der Waals surface area contributed by atoms with Gasteiger partial charge in [-0.05, 0) is 60.1 Å². The molecule has 0 bridgehead atoms. The zero-order valence-corrected chi connectivity index (χ0v) is 19.2. The number of hydrogen-bond donors (Lipinski definition) is 2. The molecule has 0 atom stereocenters. The van der Waals surface area contributed by atoms with Gasteiger partial charge in [0, 0.05) is 43.4 Å². The van der Waals surface area contributed by atoms with Gasteiger partial charge in [0.1, 0.15) is 12.1 Å². The predicted octanol–water partition coefficient (Wildman–Crippen LogP) is 3.76. The standard InChI is InChI=1S/C24H26N6OS/c1-15-3-4-20-19(13-27-28-20)23(15)17-12-21-18(11-16(17)2)24(26-14-25-21)30-8-6-29(7-9-30)22(31)5-10-32/h3-4,11-14,32H,5-10H2,1-2H3,(H,27,28). The zero-order chi connectivity index (χ0) is 22.2. The van der Waals surface area contributed by atoms with E-state index in [1.54, 1.807) is 6.33 Å². The van der Waals surface area contributed by atoms with Crippen molar-refractivity contribution >= 4 is 46.2 Å². The van der Waals surface area contributed by atoms with E-state index in [4.69, 9.17) is 0 Å². The Labute approximate surface area is 192 Å². The highest BCUT2D eigenvalue weighted by molar-refractivity contribution is 7.80. The number of benzene rings is 2. The van der Waals surface area contributed by atoms with Crippen LogP contribution in [0.25, 0.3) is 32.9 Å². The number of carbonyl (C=O) groups excluding carboxylic acids is 1. The second-order valence-corrected chi connectivity index (χ2v) is 8.76. The lowest BCUT2D eigenvalue weighted by Crippen LogP contribution is -2.49. The van der Waals surface area contributed by atoms with E-state index in [0.717, 1.165) is 46.3 Å². The molecule has 3 heterocycles. The number of aromatic nitrogens is 4. The molecule has 0 spiro atoms. The largest absolute Gasteiger partial charge is 0.352 e. The second-order valence-electron chi connectivity index (χ2n) is 8.31. The average molecular weight is 447 g/mol. The summed E-state index contributed by atoms with van der Waals surface area (Å²) >= 11 is 4.18. The monoisotopic (exact) mass is 446 g/mol. The summed E-state index contributed by atoms with van der Waals surface area (Å²) in [4.78, 5) is 25.6. The van der Waals surface area contributed by atoms with E-state index >= 15 is 0 Å². The summed E-state index contributed by atoms with van der Waals surface area (Å²) in [6.45, 7) is 7.20. The SMILES string of the molecule is Cc1cc2c(N3CCN(C(=O)CCS)CC3)ncnc2cc1-c1c(C)ccc2[nH]ncc12. The molecule has 2 aromatic carbocycles. The molecule has 2 aromatic heterocycles. The minimum Gasteiger partial charge on any atom is -0.352 e. The zero-order valence-electron chi connectivity index (χ0n) is 18.3. The summed E-state index contributed by atoms with van der Waals surface area (Å²) < 4.78 is 0. The number of nitrogens with zero attached hydrogens (tertiary/aromatic N) is 5. The molecule has 164 valence electrons. The Bertz CT molecular complexity index is 1310. The summed E-state index contributed by atoms with van der Waals surface area (Å²) in [7, 11) is 0. The van der Waals surface area contributed by atoms with E-state index in [1.165, 1.54) is 16.7 Å². The van der Waals surface area contributed by atoms with Gasteiger partial charge >= 0.3 is 0 Å². The van der Waals surface area contributed by atoms with Gasteiger partial charge in [-0.25, -0.2) is 9.97 Å². The van der Waals surface area contributed by atoms with Crippen LogP contribution in [0.15, 0.2) is 36.8 Å². The minimum absolute atomic E-state index is 0.177. The number of H-pyrrole nitrogens is 1. The number of anilines is 1. The molecule has 1 fully saturated rings. The summed E-state index contributed by atoms with van der Waals surface area (Å²) in [6, 6.07) is 8.55. The van der Waals surface area contributed by atoms with Crippen LogP contribution in [-0.4, -0.2) is 62.9 Å². The highest BCUT2D eigenvalue weighted by Gasteiger charge is 2.23. The van der Waals surface area contributed by atoms with Crippen molar-refractivity contribution in [1.82, 2.24) is 25.1 Å². The van der Waals surface area contributed by atoms with Crippen molar-refractivity contribution in [3.8, 4) is 11.1 Å². The van der Waals surface area contributed by atoms with Gasteiger partial charge in [0.25, 0.3) is 0 Å². The maximum atomic E-state index is 12.2. The summed E-state index contributed by atoms with van der Waals surface area (Å²) in [5, 5.41) is 9.46. The third-order valence-electron chi connectivity index (χ3n) is 6.32. The third kappa shape index (κ3) is 3.58. The fraction of sp³-hybridized carbons (Fsp3) is 0.333. The van der Waals surface area contributed by atoms with Crippen LogP contribution in [0, 0.1) is 13.8 Å². The van der Waals surface area contributed by atoms with Gasteiger partial charge in [-0.3, -0.25) is 9.89 Å². The van der Waals surface area contributed by atoms with Gasteiger partial charge in [0.05, 0.1) is 17.2 Å². The van der Waals surface area contributed by atoms with Crippen LogP contribution < -0.4 is 4.90 Å². The molecule has 8 heteroatoms. The Morgan fingerprint density at radius 3 is 2.66 bits per heavy atom. The third-order valence-corrected chi connectivity index (χ3v) is 6.54. The first-order valence-corrected chi connectivity index (χ1v) is 11.5. The molecule has 0 saturated carbocycles. The number of rotatable bonds is 4. The molecule has 32 heavy (non-hydrogen) atoms. The molecule has 4 aromatic rings. The second kappa shape index (κ2) is 8.43. The number of hydrogen-bond acceptors (Lipinski definition) is 6. The Morgan fingerprint density at radius 1 is 1.06 bits per heavy atom. The highest BCUT2D eigenvalue weighted by Crippen LogP contribution is 2.36. The van der Waals surface area contributed by atoms with Crippen LogP contribution in [0.5, 0.6) is 0 Å². The van der Waals surface area contributed by atoms with Gasteiger partial charge in [0.15, 0.2) is 0 Å². The first kappa shape index (κ1) is 20.8. The van der Waals surface area contributed by atoms with E-state index in [0.29, 0.717) is 25.3 Å². The number of aromatic amines is 1. The molecule has 1 N–H and O–H groups in total. The van der Waals surface area contributed by atoms with Crippen LogP contribution in [0.3, 0.4) is 0 Å². The lowest BCUT2D eigenvalue weighted by Gasteiger charge is -2.35. The Hall–Kier alpha value is -3.13. The number of amides is 1. The van der Waals surface area contributed by atoms with Crippen LogP contribution >= 0.6 is 12.6 Å².